The van der Waals surface area contributed by atoms with Crippen LogP contribution in [0.5, 0.6) is 0 Å². The molecule has 7 heteroatoms. The summed E-state index contributed by atoms with van der Waals surface area (Å²) in [7, 11) is -0.375. The van der Waals surface area contributed by atoms with Crippen molar-refractivity contribution < 1.29 is 18.3 Å². The van der Waals surface area contributed by atoms with Crippen LogP contribution in [0.4, 0.5) is 0 Å². The third-order valence-corrected chi connectivity index (χ3v) is 6.03. The van der Waals surface area contributed by atoms with Gasteiger partial charge in [0.05, 0.1) is 17.5 Å². The van der Waals surface area contributed by atoms with Gasteiger partial charge in [0.1, 0.15) is 16.5 Å². The predicted molar refractivity (Wildman–Crippen MR) is 93.4 cm³/mol. The van der Waals surface area contributed by atoms with Crippen molar-refractivity contribution in [3.05, 3.63) is 24.2 Å². The van der Waals surface area contributed by atoms with E-state index >= 15 is 0 Å². The van der Waals surface area contributed by atoms with Crippen LogP contribution in [0.25, 0.3) is 0 Å². The zero-order chi connectivity index (χ0) is 17.5. The minimum absolute atomic E-state index is 0.236. The molecule has 2 rings (SSSR count). The second-order valence-electron chi connectivity index (χ2n) is 7.99. The molecule has 2 heterocycles. The molecule has 1 aliphatic rings. The number of nitrogens with one attached hydrogen (secondary N) is 1. The molecular formula is C16H28BNO4S. The summed E-state index contributed by atoms with van der Waals surface area (Å²) in [5.74, 6) is 0.734. The molecule has 23 heavy (non-hydrogen) atoms. The molecule has 1 unspecified atom stereocenters. The maximum atomic E-state index is 12.5. The van der Waals surface area contributed by atoms with Crippen molar-refractivity contribution in [3.8, 4) is 0 Å². The largest absolute Gasteiger partial charge is 0.598 e. The molecule has 5 nitrogen and oxygen atoms in total. The Morgan fingerprint density at radius 2 is 1.78 bits per heavy atom. The standard InChI is InChI=1S/C16H28BNO4S/c1-14(2,3)23(19)18-12(13-9-8-10-20-13)11-17-21-15(4,5)16(6,7)22-17/h8-10,12,18H,11H2,1-7H3/t12?,23-/m1/s1. The van der Waals surface area contributed by atoms with E-state index in [9.17, 15) is 4.55 Å². The molecule has 130 valence electrons. The van der Waals surface area contributed by atoms with Crippen LogP contribution in [0.1, 0.15) is 60.3 Å². The van der Waals surface area contributed by atoms with E-state index in [0.29, 0.717) is 6.32 Å². The van der Waals surface area contributed by atoms with Crippen molar-refractivity contribution in [2.45, 2.75) is 76.8 Å². The number of rotatable bonds is 5. The summed E-state index contributed by atoms with van der Waals surface area (Å²) in [5, 5.41) is 0. The summed E-state index contributed by atoms with van der Waals surface area (Å²) in [6.45, 7) is 13.9. The first-order valence-corrected chi connectivity index (χ1v) is 9.14. The normalized spacial score (nSPS) is 23.0. The van der Waals surface area contributed by atoms with Gasteiger partial charge in [0.25, 0.3) is 0 Å². The van der Waals surface area contributed by atoms with Crippen LogP contribution in [0.2, 0.25) is 6.32 Å². The van der Waals surface area contributed by atoms with Gasteiger partial charge >= 0.3 is 7.12 Å². The van der Waals surface area contributed by atoms with Crippen LogP contribution >= 0.6 is 0 Å². The van der Waals surface area contributed by atoms with E-state index in [4.69, 9.17) is 13.7 Å². The molecule has 0 saturated carbocycles. The van der Waals surface area contributed by atoms with Crippen LogP contribution in [-0.4, -0.2) is 27.6 Å². The Kier molecular flexibility index (Phi) is 5.29. The highest BCUT2D eigenvalue weighted by molar-refractivity contribution is 7.90. The van der Waals surface area contributed by atoms with Crippen molar-refractivity contribution in [2.24, 2.45) is 0 Å². The SMILES string of the molecule is CC(C)(C)[S@@+]([O-])NC(CB1OC(C)(C)C(C)(C)O1)c1ccco1. The summed E-state index contributed by atoms with van der Waals surface area (Å²) in [6, 6.07) is 3.47. The molecule has 1 aromatic heterocycles. The lowest BCUT2D eigenvalue weighted by atomic mass is 9.80. The number of furan rings is 1. The van der Waals surface area contributed by atoms with Crippen LogP contribution in [0.3, 0.4) is 0 Å². The van der Waals surface area contributed by atoms with Gasteiger partial charge in [-0.3, -0.25) is 0 Å². The Hall–Kier alpha value is -0.465. The molecule has 0 bridgehead atoms. The lowest BCUT2D eigenvalue weighted by Gasteiger charge is -2.32. The fraction of sp³-hybridized carbons (Fsp3) is 0.750. The van der Waals surface area contributed by atoms with E-state index in [1.807, 2.05) is 60.6 Å². The highest BCUT2D eigenvalue weighted by Crippen LogP contribution is 2.39. The van der Waals surface area contributed by atoms with E-state index < -0.39 is 11.4 Å². The van der Waals surface area contributed by atoms with Crippen LogP contribution in [-0.2, 0) is 20.7 Å². The molecule has 1 aromatic rings. The summed E-state index contributed by atoms with van der Waals surface area (Å²) in [5.41, 5.74) is -0.761. The van der Waals surface area contributed by atoms with E-state index in [1.165, 1.54) is 0 Å². The molecule has 0 aliphatic carbocycles. The monoisotopic (exact) mass is 341 g/mol. The molecule has 0 spiro atoms. The van der Waals surface area contributed by atoms with E-state index in [-0.39, 0.29) is 29.1 Å². The Morgan fingerprint density at radius 1 is 1.22 bits per heavy atom. The van der Waals surface area contributed by atoms with Crippen molar-refractivity contribution in [2.75, 3.05) is 0 Å². The van der Waals surface area contributed by atoms with Gasteiger partial charge < -0.3 is 18.3 Å². The topological polar surface area (TPSA) is 66.7 Å². The van der Waals surface area contributed by atoms with Crippen LogP contribution < -0.4 is 4.72 Å². The van der Waals surface area contributed by atoms with E-state index in [2.05, 4.69) is 4.72 Å². The van der Waals surface area contributed by atoms with Gasteiger partial charge in [0.15, 0.2) is 0 Å². The van der Waals surface area contributed by atoms with Gasteiger partial charge in [-0.05, 0) is 60.6 Å². The summed E-state index contributed by atoms with van der Waals surface area (Å²) in [4.78, 5) is 0. The second-order valence-corrected chi connectivity index (χ2v) is 9.99. The zero-order valence-electron chi connectivity index (χ0n) is 15.1. The number of hydrogen-bond donors (Lipinski definition) is 1. The van der Waals surface area contributed by atoms with Gasteiger partial charge in [-0.15, -0.1) is 4.72 Å². The van der Waals surface area contributed by atoms with Crippen molar-refractivity contribution in [3.63, 3.8) is 0 Å². The van der Waals surface area contributed by atoms with Gasteiger partial charge in [-0.25, -0.2) is 0 Å². The first-order chi connectivity index (χ1) is 10.4. The minimum Gasteiger partial charge on any atom is -0.598 e. The summed E-state index contributed by atoms with van der Waals surface area (Å²) in [6.07, 6.45) is 2.15. The van der Waals surface area contributed by atoms with Crippen LogP contribution in [0, 0.1) is 0 Å². The van der Waals surface area contributed by atoms with E-state index in [0.717, 1.165) is 5.76 Å². The van der Waals surface area contributed by atoms with Crippen molar-refractivity contribution in [1.29, 1.82) is 0 Å². The lowest BCUT2D eigenvalue weighted by molar-refractivity contribution is 0.00578. The third kappa shape index (κ3) is 4.34. The average Bonchev–Trinajstić information content (AvgIpc) is 2.94. The second kappa shape index (κ2) is 6.45. The Balaban J connectivity index is 2.11. The maximum absolute atomic E-state index is 12.5. The zero-order valence-corrected chi connectivity index (χ0v) is 16.0. The quantitative estimate of drug-likeness (QED) is 0.656. The molecule has 0 aromatic carbocycles. The fourth-order valence-corrected chi connectivity index (χ4v) is 3.10. The number of hydrogen-bond acceptors (Lipinski definition) is 5. The molecule has 1 fully saturated rings. The molecule has 1 saturated heterocycles. The molecule has 0 amide bonds. The lowest BCUT2D eigenvalue weighted by Crippen LogP contribution is -2.42. The molecule has 2 atom stereocenters. The van der Waals surface area contributed by atoms with Crippen molar-refractivity contribution >= 4 is 18.5 Å². The first-order valence-electron chi connectivity index (χ1n) is 7.99. The molecule has 1 aliphatic heterocycles. The van der Waals surface area contributed by atoms with Crippen LogP contribution in [0.15, 0.2) is 22.8 Å². The Bertz CT molecular complexity index is 497. The smallest absolute Gasteiger partial charge is 0.460 e. The minimum atomic E-state index is -1.21. The van der Waals surface area contributed by atoms with Gasteiger partial charge in [0.2, 0.25) is 0 Å². The highest BCUT2D eigenvalue weighted by atomic mass is 32.2. The van der Waals surface area contributed by atoms with Crippen molar-refractivity contribution in [1.82, 2.24) is 4.72 Å². The Morgan fingerprint density at radius 3 is 2.22 bits per heavy atom. The van der Waals surface area contributed by atoms with E-state index in [1.54, 1.807) is 6.26 Å². The Labute approximate surface area is 142 Å². The molecular weight excluding hydrogens is 313 g/mol. The molecule has 1 N–H and O–H groups in total. The highest BCUT2D eigenvalue weighted by Gasteiger charge is 2.52. The summed E-state index contributed by atoms with van der Waals surface area (Å²) < 4.78 is 32.9. The third-order valence-electron chi connectivity index (χ3n) is 4.42. The predicted octanol–water partition coefficient (Wildman–Crippen LogP) is 3.46. The summed E-state index contributed by atoms with van der Waals surface area (Å²) >= 11 is -1.21. The first kappa shape index (κ1) is 18.9. The maximum Gasteiger partial charge on any atom is 0.460 e. The average molecular weight is 341 g/mol. The van der Waals surface area contributed by atoms with Gasteiger partial charge in [-0.2, -0.15) is 0 Å². The fourth-order valence-electron chi connectivity index (χ4n) is 2.27. The molecule has 0 radical (unpaired) electrons. The van der Waals surface area contributed by atoms with Gasteiger partial charge in [0, 0.05) is 17.7 Å². The van der Waals surface area contributed by atoms with Gasteiger partial charge in [-0.1, -0.05) is 0 Å².